The number of nitrogens with zero attached hydrogens (tertiary/aromatic N) is 6. The molecule has 1 fully saturated rings. The molecule has 9 nitrogen and oxygen atoms in total. The van der Waals surface area contributed by atoms with Crippen molar-refractivity contribution < 1.29 is 9.47 Å². The molecule has 0 saturated carbocycles. The highest BCUT2D eigenvalue weighted by molar-refractivity contribution is 5.56. The van der Waals surface area contributed by atoms with E-state index in [1.54, 1.807) is 21.8 Å². The molecule has 9 heteroatoms. The standard InChI is InChI=1S/C16H21N7O2/c1-11-14(7-17-20-11)16-19-15(10-24-9-13-4-3-5-25-13)23(21-16)12-6-18-22(2)8-12/h6-8,13H,3-5,9-10H2,1-2H3,(H,17,20). The van der Waals surface area contributed by atoms with Crippen LogP contribution in [0.15, 0.2) is 18.6 Å². The van der Waals surface area contributed by atoms with Crippen LogP contribution in [0, 0.1) is 6.92 Å². The molecule has 0 radical (unpaired) electrons. The average molecular weight is 343 g/mol. The molecule has 0 aliphatic carbocycles. The molecule has 25 heavy (non-hydrogen) atoms. The fourth-order valence-corrected chi connectivity index (χ4v) is 2.91. The number of hydrogen-bond donors (Lipinski definition) is 1. The molecule has 132 valence electrons. The molecule has 1 saturated heterocycles. The van der Waals surface area contributed by atoms with Crippen LogP contribution in [-0.2, 0) is 23.1 Å². The maximum Gasteiger partial charge on any atom is 0.185 e. The van der Waals surface area contributed by atoms with Crippen LogP contribution in [0.4, 0.5) is 0 Å². The first-order valence-corrected chi connectivity index (χ1v) is 8.35. The van der Waals surface area contributed by atoms with Gasteiger partial charge in [-0.05, 0) is 19.8 Å². The van der Waals surface area contributed by atoms with E-state index in [9.17, 15) is 0 Å². The van der Waals surface area contributed by atoms with E-state index in [1.807, 2.05) is 20.2 Å². The van der Waals surface area contributed by atoms with Crippen molar-refractivity contribution in [3.8, 4) is 17.1 Å². The van der Waals surface area contributed by atoms with Crippen LogP contribution in [0.5, 0.6) is 0 Å². The van der Waals surface area contributed by atoms with Crippen LogP contribution in [0.2, 0.25) is 0 Å². The fraction of sp³-hybridized carbons (Fsp3) is 0.500. The van der Waals surface area contributed by atoms with Gasteiger partial charge >= 0.3 is 0 Å². The molecule has 1 unspecified atom stereocenters. The Morgan fingerprint density at radius 3 is 3.00 bits per heavy atom. The summed E-state index contributed by atoms with van der Waals surface area (Å²) in [7, 11) is 1.87. The summed E-state index contributed by atoms with van der Waals surface area (Å²) in [5.41, 5.74) is 2.65. The first kappa shape index (κ1) is 16.0. The second-order valence-electron chi connectivity index (χ2n) is 6.19. The van der Waals surface area contributed by atoms with Gasteiger partial charge in [-0.3, -0.25) is 9.78 Å². The van der Waals surface area contributed by atoms with E-state index in [-0.39, 0.29) is 6.10 Å². The van der Waals surface area contributed by atoms with Crippen LogP contribution in [0.3, 0.4) is 0 Å². The number of H-pyrrole nitrogens is 1. The summed E-state index contributed by atoms with van der Waals surface area (Å²) in [4.78, 5) is 4.65. The number of ether oxygens (including phenoxy) is 2. The molecule has 0 amide bonds. The number of aromatic amines is 1. The third kappa shape index (κ3) is 3.33. The largest absolute Gasteiger partial charge is 0.376 e. The third-order valence-corrected chi connectivity index (χ3v) is 4.24. The predicted octanol–water partition coefficient (Wildman–Crippen LogP) is 1.39. The lowest BCUT2D eigenvalue weighted by Gasteiger charge is -2.09. The SMILES string of the molecule is Cc1[nH]ncc1-c1nc(COCC2CCCO2)n(-c2cnn(C)c2)n1. The Labute approximate surface area is 145 Å². The van der Waals surface area contributed by atoms with Gasteiger partial charge < -0.3 is 9.47 Å². The highest BCUT2D eigenvalue weighted by Crippen LogP contribution is 2.21. The number of hydrogen-bond acceptors (Lipinski definition) is 6. The Bertz CT molecular complexity index is 844. The van der Waals surface area contributed by atoms with E-state index >= 15 is 0 Å². The maximum atomic E-state index is 5.83. The normalized spacial score (nSPS) is 17.4. The van der Waals surface area contributed by atoms with Gasteiger partial charge in [0.15, 0.2) is 11.6 Å². The van der Waals surface area contributed by atoms with Gasteiger partial charge in [-0.15, -0.1) is 5.10 Å². The van der Waals surface area contributed by atoms with Gasteiger partial charge in [0.25, 0.3) is 0 Å². The van der Waals surface area contributed by atoms with Crippen molar-refractivity contribution in [1.29, 1.82) is 0 Å². The first-order chi connectivity index (χ1) is 12.2. The van der Waals surface area contributed by atoms with Crippen molar-refractivity contribution in [2.75, 3.05) is 13.2 Å². The molecule has 1 aliphatic rings. The Balaban J connectivity index is 1.58. The van der Waals surface area contributed by atoms with Crippen molar-refractivity contribution in [3.63, 3.8) is 0 Å². The van der Waals surface area contributed by atoms with E-state index in [4.69, 9.17) is 9.47 Å². The average Bonchev–Trinajstić information content (AvgIpc) is 3.35. The molecule has 3 aromatic heterocycles. The van der Waals surface area contributed by atoms with E-state index in [2.05, 4.69) is 25.4 Å². The number of aromatic nitrogens is 7. The predicted molar refractivity (Wildman–Crippen MR) is 89.1 cm³/mol. The zero-order chi connectivity index (χ0) is 17.2. The monoisotopic (exact) mass is 343 g/mol. The van der Waals surface area contributed by atoms with E-state index in [0.29, 0.717) is 19.0 Å². The zero-order valence-electron chi connectivity index (χ0n) is 14.3. The van der Waals surface area contributed by atoms with E-state index in [0.717, 1.165) is 42.2 Å². The fourth-order valence-electron chi connectivity index (χ4n) is 2.91. The summed E-state index contributed by atoms with van der Waals surface area (Å²) < 4.78 is 14.9. The molecule has 0 bridgehead atoms. The molecular formula is C16H21N7O2. The van der Waals surface area contributed by atoms with Crippen molar-refractivity contribution in [1.82, 2.24) is 34.7 Å². The highest BCUT2D eigenvalue weighted by Gasteiger charge is 2.19. The number of nitrogens with one attached hydrogen (secondary N) is 1. The molecule has 4 heterocycles. The lowest BCUT2D eigenvalue weighted by atomic mass is 10.2. The lowest BCUT2D eigenvalue weighted by Crippen LogP contribution is -2.15. The first-order valence-electron chi connectivity index (χ1n) is 8.35. The minimum Gasteiger partial charge on any atom is -0.376 e. The van der Waals surface area contributed by atoms with Crippen molar-refractivity contribution >= 4 is 0 Å². The van der Waals surface area contributed by atoms with Crippen LogP contribution in [0.1, 0.15) is 24.4 Å². The Morgan fingerprint density at radius 2 is 2.32 bits per heavy atom. The molecule has 0 spiro atoms. The molecule has 1 aliphatic heterocycles. The van der Waals surface area contributed by atoms with Gasteiger partial charge in [0.1, 0.15) is 12.3 Å². The summed E-state index contributed by atoms with van der Waals surface area (Å²) in [6, 6.07) is 0. The second kappa shape index (κ2) is 6.77. The summed E-state index contributed by atoms with van der Waals surface area (Å²) in [6.07, 6.45) is 7.72. The highest BCUT2D eigenvalue weighted by atomic mass is 16.5. The smallest absolute Gasteiger partial charge is 0.185 e. The van der Waals surface area contributed by atoms with Crippen LogP contribution in [0.25, 0.3) is 17.1 Å². The van der Waals surface area contributed by atoms with Gasteiger partial charge in [0, 0.05) is 19.3 Å². The minimum atomic E-state index is 0.186. The summed E-state index contributed by atoms with van der Waals surface area (Å²) in [5, 5.41) is 15.8. The topological polar surface area (TPSA) is 95.7 Å². The van der Waals surface area contributed by atoms with E-state index in [1.165, 1.54) is 0 Å². The number of rotatable bonds is 6. The third-order valence-electron chi connectivity index (χ3n) is 4.24. The van der Waals surface area contributed by atoms with Crippen molar-refractivity contribution in [2.45, 2.75) is 32.5 Å². The van der Waals surface area contributed by atoms with Gasteiger partial charge in [-0.25, -0.2) is 9.67 Å². The molecule has 0 aromatic carbocycles. The van der Waals surface area contributed by atoms with Gasteiger partial charge in [0.05, 0.1) is 36.9 Å². The van der Waals surface area contributed by atoms with Crippen LogP contribution < -0.4 is 0 Å². The summed E-state index contributed by atoms with van der Waals surface area (Å²) in [6.45, 7) is 3.70. The second-order valence-corrected chi connectivity index (χ2v) is 6.19. The van der Waals surface area contributed by atoms with Crippen LogP contribution >= 0.6 is 0 Å². The Morgan fingerprint density at radius 1 is 1.40 bits per heavy atom. The van der Waals surface area contributed by atoms with E-state index < -0.39 is 0 Å². The van der Waals surface area contributed by atoms with Gasteiger partial charge in [-0.2, -0.15) is 10.2 Å². The lowest BCUT2D eigenvalue weighted by molar-refractivity contribution is 0.00818. The maximum absolute atomic E-state index is 5.83. The molecule has 3 aromatic rings. The molecule has 1 N–H and O–H groups in total. The quantitative estimate of drug-likeness (QED) is 0.727. The Hall–Kier alpha value is -2.52. The van der Waals surface area contributed by atoms with Gasteiger partial charge in [-0.1, -0.05) is 0 Å². The van der Waals surface area contributed by atoms with Crippen LogP contribution in [-0.4, -0.2) is 54.1 Å². The summed E-state index contributed by atoms with van der Waals surface area (Å²) in [5.74, 6) is 1.34. The minimum absolute atomic E-state index is 0.186. The van der Waals surface area contributed by atoms with Gasteiger partial charge in [0.2, 0.25) is 0 Å². The summed E-state index contributed by atoms with van der Waals surface area (Å²) >= 11 is 0. The molecule has 1 atom stereocenters. The molecular weight excluding hydrogens is 322 g/mol. The van der Waals surface area contributed by atoms with Crippen molar-refractivity contribution in [2.24, 2.45) is 7.05 Å². The zero-order valence-corrected chi connectivity index (χ0v) is 14.3. The number of aryl methyl sites for hydroxylation is 2. The van der Waals surface area contributed by atoms with Crippen molar-refractivity contribution in [3.05, 3.63) is 30.1 Å². The Kier molecular flexibility index (Phi) is 4.33. The molecule has 4 rings (SSSR count).